The summed E-state index contributed by atoms with van der Waals surface area (Å²) in [7, 11) is 0. The van der Waals surface area contributed by atoms with Gasteiger partial charge in [-0.25, -0.2) is 9.18 Å². The molecule has 2 aromatic rings. The molecular formula is C19H20FNO5S. The van der Waals surface area contributed by atoms with Gasteiger partial charge in [0.05, 0.1) is 18.6 Å². The van der Waals surface area contributed by atoms with Gasteiger partial charge in [-0.2, -0.15) is 0 Å². The lowest BCUT2D eigenvalue weighted by Crippen LogP contribution is -2.22. The Balaban J connectivity index is 1.92. The fourth-order valence-corrected chi connectivity index (χ4v) is 3.24. The van der Waals surface area contributed by atoms with E-state index in [1.165, 1.54) is 29.5 Å². The number of hydrogen-bond acceptors (Lipinski definition) is 6. The standard InChI is InChI=1S/C19H20FNO5S/c1-3-14-10-15(19(24)25-4-2)18(27-14)21-16(22)11-26-17(23)9-12-6-5-7-13(20)8-12/h5-8,10H,3-4,9,11H2,1-2H3,(H,21,22). The Hall–Kier alpha value is -2.74. The summed E-state index contributed by atoms with van der Waals surface area (Å²) < 4.78 is 23.0. The molecule has 1 aromatic carbocycles. The van der Waals surface area contributed by atoms with Gasteiger partial charge < -0.3 is 14.8 Å². The third-order valence-electron chi connectivity index (χ3n) is 3.48. The first-order valence-electron chi connectivity index (χ1n) is 8.42. The number of ether oxygens (including phenoxy) is 2. The number of aryl methyl sites for hydroxylation is 1. The van der Waals surface area contributed by atoms with Crippen molar-refractivity contribution in [3.05, 3.63) is 52.2 Å². The molecule has 144 valence electrons. The smallest absolute Gasteiger partial charge is 0.341 e. The minimum absolute atomic E-state index is 0.141. The molecule has 27 heavy (non-hydrogen) atoms. The molecule has 0 unspecified atom stereocenters. The van der Waals surface area contributed by atoms with E-state index in [0.717, 1.165) is 4.88 Å². The SMILES string of the molecule is CCOC(=O)c1cc(CC)sc1NC(=O)COC(=O)Cc1cccc(F)c1. The topological polar surface area (TPSA) is 81.7 Å². The number of amides is 1. The second-order valence-electron chi connectivity index (χ2n) is 5.55. The molecule has 1 aromatic heterocycles. The number of nitrogens with one attached hydrogen (secondary N) is 1. The molecule has 0 bridgehead atoms. The number of halogens is 1. The van der Waals surface area contributed by atoms with Crippen molar-refractivity contribution in [2.24, 2.45) is 0 Å². The first-order chi connectivity index (χ1) is 12.9. The predicted octanol–water partition coefficient (Wildman–Crippen LogP) is 3.35. The largest absolute Gasteiger partial charge is 0.462 e. The molecule has 6 nitrogen and oxygen atoms in total. The molecule has 2 rings (SSSR count). The maximum atomic E-state index is 13.1. The lowest BCUT2D eigenvalue weighted by Gasteiger charge is -2.07. The molecule has 1 amide bonds. The zero-order valence-corrected chi connectivity index (χ0v) is 15.9. The van der Waals surface area contributed by atoms with Crippen molar-refractivity contribution in [1.29, 1.82) is 0 Å². The molecule has 0 saturated carbocycles. The van der Waals surface area contributed by atoms with Crippen LogP contribution in [0.3, 0.4) is 0 Å². The van der Waals surface area contributed by atoms with Crippen LogP contribution in [0.1, 0.15) is 34.6 Å². The Morgan fingerprint density at radius 2 is 1.93 bits per heavy atom. The van der Waals surface area contributed by atoms with Gasteiger partial charge in [0.15, 0.2) is 6.61 Å². The average Bonchev–Trinajstić information content (AvgIpc) is 3.03. The van der Waals surface area contributed by atoms with Crippen LogP contribution < -0.4 is 5.32 Å². The first kappa shape index (κ1) is 20.6. The highest BCUT2D eigenvalue weighted by molar-refractivity contribution is 7.16. The number of anilines is 1. The van der Waals surface area contributed by atoms with Crippen molar-refractivity contribution in [3.63, 3.8) is 0 Å². The van der Waals surface area contributed by atoms with Crippen molar-refractivity contribution < 1.29 is 28.2 Å². The highest BCUT2D eigenvalue weighted by atomic mass is 32.1. The molecule has 1 heterocycles. The normalized spacial score (nSPS) is 10.3. The number of carbonyl (C=O) groups is 3. The Labute approximate surface area is 160 Å². The number of benzene rings is 1. The molecular weight excluding hydrogens is 373 g/mol. The fourth-order valence-electron chi connectivity index (χ4n) is 2.24. The van der Waals surface area contributed by atoms with Crippen LogP contribution in [0.15, 0.2) is 30.3 Å². The van der Waals surface area contributed by atoms with Gasteiger partial charge >= 0.3 is 11.9 Å². The van der Waals surface area contributed by atoms with Crippen molar-refractivity contribution in [2.75, 3.05) is 18.5 Å². The minimum Gasteiger partial charge on any atom is -0.462 e. The van der Waals surface area contributed by atoms with E-state index in [4.69, 9.17) is 9.47 Å². The lowest BCUT2D eigenvalue weighted by atomic mass is 10.1. The van der Waals surface area contributed by atoms with Crippen molar-refractivity contribution >= 4 is 34.2 Å². The van der Waals surface area contributed by atoms with E-state index in [9.17, 15) is 18.8 Å². The zero-order chi connectivity index (χ0) is 19.8. The average molecular weight is 393 g/mol. The van der Waals surface area contributed by atoms with Gasteiger partial charge in [-0.3, -0.25) is 9.59 Å². The van der Waals surface area contributed by atoms with Crippen molar-refractivity contribution in [3.8, 4) is 0 Å². The van der Waals surface area contributed by atoms with Crippen LogP contribution in [0, 0.1) is 5.82 Å². The first-order valence-corrected chi connectivity index (χ1v) is 9.24. The molecule has 0 atom stereocenters. The summed E-state index contributed by atoms with van der Waals surface area (Å²) in [5.74, 6) is -2.19. The van der Waals surface area contributed by atoms with E-state index in [2.05, 4.69) is 5.32 Å². The van der Waals surface area contributed by atoms with Crippen LogP contribution in [-0.2, 0) is 31.9 Å². The molecule has 0 saturated heterocycles. The molecule has 1 N–H and O–H groups in total. The van der Waals surface area contributed by atoms with Crippen LogP contribution in [0.4, 0.5) is 9.39 Å². The van der Waals surface area contributed by atoms with Gasteiger partial charge in [0.2, 0.25) is 0 Å². The van der Waals surface area contributed by atoms with E-state index in [0.29, 0.717) is 17.0 Å². The summed E-state index contributed by atoms with van der Waals surface area (Å²) in [5.41, 5.74) is 0.731. The molecule has 0 fully saturated rings. The summed E-state index contributed by atoms with van der Waals surface area (Å²) in [6.45, 7) is 3.35. The maximum Gasteiger partial charge on any atom is 0.341 e. The van der Waals surface area contributed by atoms with Gasteiger partial charge in [0, 0.05) is 4.88 Å². The van der Waals surface area contributed by atoms with Crippen LogP contribution in [0.2, 0.25) is 0 Å². The van der Waals surface area contributed by atoms with Gasteiger partial charge in [0.1, 0.15) is 10.8 Å². The summed E-state index contributed by atoms with van der Waals surface area (Å²) in [5, 5.41) is 2.93. The third kappa shape index (κ3) is 6.18. The summed E-state index contributed by atoms with van der Waals surface area (Å²) in [6.07, 6.45) is 0.563. The van der Waals surface area contributed by atoms with Gasteiger partial charge in [-0.05, 0) is 37.1 Å². The number of carbonyl (C=O) groups excluding carboxylic acids is 3. The van der Waals surface area contributed by atoms with Crippen molar-refractivity contribution in [2.45, 2.75) is 26.7 Å². The van der Waals surface area contributed by atoms with E-state index in [1.807, 2.05) is 6.92 Å². The van der Waals surface area contributed by atoms with Crippen LogP contribution in [0.25, 0.3) is 0 Å². The van der Waals surface area contributed by atoms with Gasteiger partial charge in [-0.15, -0.1) is 11.3 Å². The number of esters is 2. The van der Waals surface area contributed by atoms with E-state index < -0.39 is 30.3 Å². The highest BCUT2D eigenvalue weighted by Crippen LogP contribution is 2.29. The van der Waals surface area contributed by atoms with Crippen LogP contribution in [-0.4, -0.2) is 31.1 Å². The number of rotatable bonds is 8. The summed E-state index contributed by atoms with van der Waals surface area (Å²) in [6, 6.07) is 7.26. The number of thiophene rings is 1. The van der Waals surface area contributed by atoms with Crippen molar-refractivity contribution in [1.82, 2.24) is 0 Å². The Morgan fingerprint density at radius 1 is 1.15 bits per heavy atom. The second-order valence-corrected chi connectivity index (χ2v) is 6.68. The lowest BCUT2D eigenvalue weighted by molar-refractivity contribution is -0.146. The number of hydrogen-bond donors (Lipinski definition) is 1. The molecule has 0 aliphatic rings. The Morgan fingerprint density at radius 3 is 2.59 bits per heavy atom. The predicted molar refractivity (Wildman–Crippen MR) is 99.3 cm³/mol. The second kappa shape index (κ2) is 9.82. The third-order valence-corrected chi connectivity index (χ3v) is 4.68. The molecule has 0 spiro atoms. The fraction of sp³-hybridized carbons (Fsp3) is 0.316. The highest BCUT2D eigenvalue weighted by Gasteiger charge is 2.19. The molecule has 8 heteroatoms. The monoisotopic (exact) mass is 393 g/mol. The summed E-state index contributed by atoms with van der Waals surface area (Å²) in [4.78, 5) is 36.8. The molecule has 0 aliphatic carbocycles. The quantitative estimate of drug-likeness (QED) is 0.696. The van der Waals surface area contributed by atoms with E-state index >= 15 is 0 Å². The van der Waals surface area contributed by atoms with E-state index in [1.54, 1.807) is 19.1 Å². The summed E-state index contributed by atoms with van der Waals surface area (Å²) >= 11 is 1.27. The van der Waals surface area contributed by atoms with Crippen LogP contribution >= 0.6 is 11.3 Å². The van der Waals surface area contributed by atoms with Gasteiger partial charge in [-0.1, -0.05) is 19.1 Å². The maximum absolute atomic E-state index is 13.1. The Kier molecular flexibility index (Phi) is 7.48. The minimum atomic E-state index is -0.651. The van der Waals surface area contributed by atoms with Crippen LogP contribution in [0.5, 0.6) is 0 Å². The van der Waals surface area contributed by atoms with E-state index in [-0.39, 0.29) is 18.6 Å². The zero-order valence-electron chi connectivity index (χ0n) is 15.0. The molecule has 0 radical (unpaired) electrons. The Bertz CT molecular complexity index is 833. The van der Waals surface area contributed by atoms with Gasteiger partial charge in [0.25, 0.3) is 5.91 Å². The molecule has 0 aliphatic heterocycles.